The third-order valence-electron chi connectivity index (χ3n) is 2.57. The van der Waals surface area contributed by atoms with Gasteiger partial charge < -0.3 is 10.2 Å². The summed E-state index contributed by atoms with van der Waals surface area (Å²) in [6.07, 6.45) is 3.59. The Kier molecular flexibility index (Phi) is 2.63. The molecule has 0 radical (unpaired) electrons. The lowest BCUT2D eigenvalue weighted by atomic mass is 10.1. The molecule has 2 heterocycles. The third-order valence-corrected chi connectivity index (χ3v) is 2.57. The lowest BCUT2D eigenvalue weighted by Gasteiger charge is -2.37. The number of nitrogens with zero attached hydrogens (tertiary/aromatic N) is 3. The average molecular weight is 192 g/mol. The van der Waals surface area contributed by atoms with Crippen molar-refractivity contribution in [3.63, 3.8) is 0 Å². The van der Waals surface area contributed by atoms with Crippen LogP contribution in [0, 0.1) is 0 Å². The molecule has 2 unspecified atom stereocenters. The molecular weight excluding hydrogens is 176 g/mol. The van der Waals surface area contributed by atoms with Gasteiger partial charge in [-0.25, -0.2) is 9.97 Å². The minimum Gasteiger partial charge on any atom is -0.335 e. The van der Waals surface area contributed by atoms with Crippen molar-refractivity contribution in [2.45, 2.75) is 25.9 Å². The fourth-order valence-corrected chi connectivity index (χ4v) is 1.74. The van der Waals surface area contributed by atoms with Crippen molar-refractivity contribution in [1.82, 2.24) is 15.3 Å². The Morgan fingerprint density at radius 3 is 2.79 bits per heavy atom. The average Bonchev–Trinajstić information content (AvgIpc) is 2.23. The molecule has 0 amide bonds. The van der Waals surface area contributed by atoms with E-state index in [2.05, 4.69) is 34.0 Å². The number of hydrogen-bond acceptors (Lipinski definition) is 4. The Balaban J connectivity index is 2.16. The normalized spacial score (nSPS) is 27.7. The largest absolute Gasteiger partial charge is 0.335 e. The van der Waals surface area contributed by atoms with Crippen LogP contribution in [0.3, 0.4) is 0 Å². The maximum Gasteiger partial charge on any atom is 0.225 e. The van der Waals surface area contributed by atoms with Crippen LogP contribution in [-0.4, -0.2) is 35.1 Å². The van der Waals surface area contributed by atoms with E-state index in [9.17, 15) is 0 Å². The first-order chi connectivity index (χ1) is 6.77. The zero-order valence-electron chi connectivity index (χ0n) is 8.64. The van der Waals surface area contributed by atoms with E-state index >= 15 is 0 Å². The summed E-state index contributed by atoms with van der Waals surface area (Å²) in [6.45, 7) is 6.35. The molecule has 0 aliphatic carbocycles. The molecule has 0 spiro atoms. The molecule has 1 saturated heterocycles. The second-order valence-electron chi connectivity index (χ2n) is 3.86. The van der Waals surface area contributed by atoms with Gasteiger partial charge in [0.2, 0.25) is 5.95 Å². The molecule has 1 aromatic rings. The lowest BCUT2D eigenvalue weighted by molar-refractivity contribution is 0.420. The number of piperazine rings is 1. The van der Waals surface area contributed by atoms with Crippen molar-refractivity contribution in [1.29, 1.82) is 0 Å². The van der Waals surface area contributed by atoms with Gasteiger partial charge in [-0.2, -0.15) is 0 Å². The number of hydrogen-bond donors (Lipinski definition) is 1. The van der Waals surface area contributed by atoms with Crippen molar-refractivity contribution in [2.24, 2.45) is 0 Å². The highest BCUT2D eigenvalue weighted by atomic mass is 15.3. The Hall–Kier alpha value is -1.16. The first-order valence-corrected chi connectivity index (χ1v) is 5.04. The van der Waals surface area contributed by atoms with Gasteiger partial charge >= 0.3 is 0 Å². The molecule has 2 rings (SSSR count). The molecule has 76 valence electrons. The minimum absolute atomic E-state index is 0.466. The van der Waals surface area contributed by atoms with Gasteiger partial charge in [-0.1, -0.05) is 0 Å². The highest BCUT2D eigenvalue weighted by Gasteiger charge is 2.23. The van der Waals surface area contributed by atoms with Crippen LogP contribution in [0.2, 0.25) is 0 Å². The standard InChI is InChI=1S/C10H16N4/c1-8-7-14(9(2)6-13-8)10-11-4-3-5-12-10/h3-5,8-9,13H,6-7H2,1-2H3. The van der Waals surface area contributed by atoms with Crippen molar-refractivity contribution in [3.8, 4) is 0 Å². The van der Waals surface area contributed by atoms with E-state index in [1.807, 2.05) is 6.07 Å². The van der Waals surface area contributed by atoms with Crippen molar-refractivity contribution >= 4 is 5.95 Å². The quantitative estimate of drug-likeness (QED) is 0.710. The predicted octanol–water partition coefficient (Wildman–Crippen LogP) is 0.663. The summed E-state index contributed by atoms with van der Waals surface area (Å²) in [7, 11) is 0. The van der Waals surface area contributed by atoms with Gasteiger partial charge in [0.25, 0.3) is 0 Å². The summed E-state index contributed by atoms with van der Waals surface area (Å²) in [5, 5.41) is 3.43. The van der Waals surface area contributed by atoms with Gasteiger partial charge in [-0.05, 0) is 19.9 Å². The van der Waals surface area contributed by atoms with E-state index in [1.54, 1.807) is 12.4 Å². The highest BCUT2D eigenvalue weighted by Crippen LogP contribution is 2.13. The van der Waals surface area contributed by atoms with Crippen molar-refractivity contribution < 1.29 is 0 Å². The monoisotopic (exact) mass is 192 g/mol. The molecule has 1 N–H and O–H groups in total. The van der Waals surface area contributed by atoms with Gasteiger partial charge in [0.05, 0.1) is 0 Å². The number of nitrogens with one attached hydrogen (secondary N) is 1. The van der Waals surface area contributed by atoms with Crippen LogP contribution in [-0.2, 0) is 0 Å². The molecule has 1 aliphatic heterocycles. The third kappa shape index (κ3) is 1.85. The Labute approximate surface area is 84.4 Å². The highest BCUT2D eigenvalue weighted by molar-refractivity contribution is 5.31. The minimum atomic E-state index is 0.466. The zero-order chi connectivity index (χ0) is 9.97. The molecular formula is C10H16N4. The number of rotatable bonds is 1. The molecule has 1 fully saturated rings. The fraction of sp³-hybridized carbons (Fsp3) is 0.600. The van der Waals surface area contributed by atoms with Gasteiger partial charge in [0.15, 0.2) is 0 Å². The van der Waals surface area contributed by atoms with E-state index in [0.717, 1.165) is 19.0 Å². The molecule has 0 aromatic carbocycles. The van der Waals surface area contributed by atoms with Crippen LogP contribution >= 0.6 is 0 Å². The van der Waals surface area contributed by atoms with Crippen LogP contribution in [0.4, 0.5) is 5.95 Å². The summed E-state index contributed by atoms with van der Waals surface area (Å²) in [4.78, 5) is 10.8. The smallest absolute Gasteiger partial charge is 0.225 e. The first-order valence-electron chi connectivity index (χ1n) is 5.04. The second kappa shape index (κ2) is 3.92. The topological polar surface area (TPSA) is 41.1 Å². The molecule has 0 saturated carbocycles. The van der Waals surface area contributed by atoms with E-state index in [4.69, 9.17) is 0 Å². The SMILES string of the molecule is CC1CN(c2ncccn2)C(C)CN1. The molecule has 1 aliphatic rings. The maximum absolute atomic E-state index is 4.27. The second-order valence-corrected chi connectivity index (χ2v) is 3.86. The zero-order valence-corrected chi connectivity index (χ0v) is 8.64. The van der Waals surface area contributed by atoms with Crippen molar-refractivity contribution in [2.75, 3.05) is 18.0 Å². The summed E-state index contributed by atoms with van der Waals surface area (Å²) in [5.74, 6) is 0.841. The van der Waals surface area contributed by atoms with Gasteiger partial charge in [0, 0.05) is 37.6 Å². The van der Waals surface area contributed by atoms with E-state index in [1.165, 1.54) is 0 Å². The molecule has 2 atom stereocenters. The van der Waals surface area contributed by atoms with E-state index in [-0.39, 0.29) is 0 Å². The van der Waals surface area contributed by atoms with E-state index in [0.29, 0.717) is 12.1 Å². The Morgan fingerprint density at radius 2 is 2.07 bits per heavy atom. The Morgan fingerprint density at radius 1 is 1.36 bits per heavy atom. The van der Waals surface area contributed by atoms with Crippen molar-refractivity contribution in [3.05, 3.63) is 18.5 Å². The van der Waals surface area contributed by atoms with Crippen LogP contribution in [0.25, 0.3) is 0 Å². The maximum atomic E-state index is 4.27. The van der Waals surface area contributed by atoms with Gasteiger partial charge in [-0.3, -0.25) is 0 Å². The van der Waals surface area contributed by atoms with Crippen LogP contribution in [0.5, 0.6) is 0 Å². The summed E-state index contributed by atoms with van der Waals surface area (Å²) in [5.41, 5.74) is 0. The van der Waals surface area contributed by atoms with Crippen LogP contribution in [0.15, 0.2) is 18.5 Å². The molecule has 1 aromatic heterocycles. The van der Waals surface area contributed by atoms with Gasteiger partial charge in [0.1, 0.15) is 0 Å². The summed E-state index contributed by atoms with van der Waals surface area (Å²) >= 11 is 0. The predicted molar refractivity (Wildman–Crippen MR) is 56.3 cm³/mol. The van der Waals surface area contributed by atoms with Crippen LogP contribution < -0.4 is 10.2 Å². The summed E-state index contributed by atoms with van der Waals surface area (Å²) < 4.78 is 0. The number of anilines is 1. The number of aromatic nitrogens is 2. The summed E-state index contributed by atoms with van der Waals surface area (Å²) in [6, 6.07) is 2.82. The molecule has 14 heavy (non-hydrogen) atoms. The van der Waals surface area contributed by atoms with Gasteiger partial charge in [-0.15, -0.1) is 0 Å². The molecule has 4 heteroatoms. The molecule has 4 nitrogen and oxygen atoms in total. The first kappa shape index (κ1) is 9.40. The van der Waals surface area contributed by atoms with E-state index < -0.39 is 0 Å². The molecule has 0 bridgehead atoms. The Bertz CT molecular complexity index is 287. The van der Waals surface area contributed by atoms with Crippen LogP contribution in [0.1, 0.15) is 13.8 Å². The lowest BCUT2D eigenvalue weighted by Crippen LogP contribution is -2.55. The fourth-order valence-electron chi connectivity index (χ4n) is 1.74.